The van der Waals surface area contributed by atoms with Gasteiger partial charge in [-0.05, 0) is 32.3 Å². The summed E-state index contributed by atoms with van der Waals surface area (Å²) >= 11 is 0. The zero-order chi connectivity index (χ0) is 12.3. The van der Waals surface area contributed by atoms with Crippen molar-refractivity contribution in [3.8, 4) is 0 Å². The van der Waals surface area contributed by atoms with E-state index in [1.165, 1.54) is 6.07 Å². The summed E-state index contributed by atoms with van der Waals surface area (Å²) < 4.78 is 13.3. The van der Waals surface area contributed by atoms with E-state index in [2.05, 4.69) is 22.2 Å². The zero-order valence-electron chi connectivity index (χ0n) is 10.5. The van der Waals surface area contributed by atoms with E-state index in [0.29, 0.717) is 6.04 Å². The van der Waals surface area contributed by atoms with Gasteiger partial charge in [-0.3, -0.25) is 0 Å². The van der Waals surface area contributed by atoms with Crippen molar-refractivity contribution in [1.82, 2.24) is 10.2 Å². The molecule has 0 bridgehead atoms. The van der Waals surface area contributed by atoms with Crippen LogP contribution in [0.25, 0.3) is 0 Å². The molecule has 1 unspecified atom stereocenters. The molecule has 1 saturated heterocycles. The molecule has 0 amide bonds. The maximum absolute atomic E-state index is 13.3. The summed E-state index contributed by atoms with van der Waals surface area (Å²) in [5.74, 6) is -0.162. The van der Waals surface area contributed by atoms with Gasteiger partial charge in [-0.25, -0.2) is 4.39 Å². The van der Waals surface area contributed by atoms with Crippen LogP contribution in [0.4, 0.5) is 10.1 Å². The molecule has 1 aliphatic rings. The Bertz CT molecular complexity index is 369. The lowest BCUT2D eigenvalue weighted by Crippen LogP contribution is -2.55. The van der Waals surface area contributed by atoms with E-state index in [-0.39, 0.29) is 5.82 Å². The summed E-state index contributed by atoms with van der Waals surface area (Å²) in [6, 6.07) is 7.28. The minimum atomic E-state index is -0.162. The molecule has 1 aromatic carbocycles. The van der Waals surface area contributed by atoms with E-state index in [9.17, 15) is 4.39 Å². The van der Waals surface area contributed by atoms with Gasteiger partial charge in [-0.2, -0.15) is 0 Å². The molecule has 0 saturated carbocycles. The molecular formula is C13H20FN3. The Kier molecular flexibility index (Phi) is 3.97. The van der Waals surface area contributed by atoms with Gasteiger partial charge in [0.2, 0.25) is 0 Å². The minimum Gasteiger partial charge on any atom is -0.365 e. The highest BCUT2D eigenvalue weighted by atomic mass is 19.1. The van der Waals surface area contributed by atoms with Crippen molar-refractivity contribution in [1.29, 1.82) is 0 Å². The van der Waals surface area contributed by atoms with E-state index in [0.717, 1.165) is 31.9 Å². The molecule has 1 aromatic rings. The van der Waals surface area contributed by atoms with Gasteiger partial charge in [-0.15, -0.1) is 0 Å². The molecule has 0 aliphatic carbocycles. The molecule has 0 radical (unpaired) electrons. The lowest BCUT2D eigenvalue weighted by molar-refractivity contribution is 0.265. The largest absolute Gasteiger partial charge is 0.365 e. The highest BCUT2D eigenvalue weighted by Crippen LogP contribution is 2.20. The number of piperazine rings is 1. The van der Waals surface area contributed by atoms with Crippen molar-refractivity contribution >= 4 is 5.69 Å². The van der Waals surface area contributed by atoms with Crippen molar-refractivity contribution in [2.75, 3.05) is 45.2 Å². The SMILES string of the molecule is CNCC1CN(C)CCN1c1cccc(F)c1. The Morgan fingerprint density at radius 1 is 1.41 bits per heavy atom. The van der Waals surface area contributed by atoms with Gasteiger partial charge in [0.05, 0.1) is 6.04 Å². The highest BCUT2D eigenvalue weighted by Gasteiger charge is 2.24. The molecule has 1 fully saturated rings. The summed E-state index contributed by atoms with van der Waals surface area (Å²) in [6.07, 6.45) is 0. The number of hydrogen-bond donors (Lipinski definition) is 1. The van der Waals surface area contributed by atoms with Crippen LogP contribution in [0.5, 0.6) is 0 Å². The van der Waals surface area contributed by atoms with Gasteiger partial charge in [0.25, 0.3) is 0 Å². The number of anilines is 1. The topological polar surface area (TPSA) is 18.5 Å². The van der Waals surface area contributed by atoms with Crippen molar-refractivity contribution in [2.45, 2.75) is 6.04 Å². The second-order valence-electron chi connectivity index (χ2n) is 4.65. The second-order valence-corrected chi connectivity index (χ2v) is 4.65. The Morgan fingerprint density at radius 3 is 2.94 bits per heavy atom. The van der Waals surface area contributed by atoms with Gasteiger partial charge in [-0.1, -0.05) is 6.07 Å². The zero-order valence-corrected chi connectivity index (χ0v) is 10.5. The van der Waals surface area contributed by atoms with Crippen LogP contribution in [-0.2, 0) is 0 Å². The van der Waals surface area contributed by atoms with Crippen molar-refractivity contribution in [3.63, 3.8) is 0 Å². The molecular weight excluding hydrogens is 217 g/mol. The van der Waals surface area contributed by atoms with E-state index < -0.39 is 0 Å². The second kappa shape index (κ2) is 5.47. The van der Waals surface area contributed by atoms with Crippen LogP contribution in [0.1, 0.15) is 0 Å². The van der Waals surface area contributed by atoms with Crippen molar-refractivity contribution in [3.05, 3.63) is 30.1 Å². The molecule has 1 atom stereocenters. The van der Waals surface area contributed by atoms with E-state index in [1.54, 1.807) is 12.1 Å². The minimum absolute atomic E-state index is 0.162. The number of rotatable bonds is 3. The monoisotopic (exact) mass is 237 g/mol. The number of hydrogen-bond acceptors (Lipinski definition) is 3. The van der Waals surface area contributed by atoms with Crippen LogP contribution in [0, 0.1) is 5.82 Å². The number of nitrogens with one attached hydrogen (secondary N) is 1. The fraction of sp³-hybridized carbons (Fsp3) is 0.538. The Hall–Kier alpha value is -1.13. The van der Waals surface area contributed by atoms with Crippen LogP contribution in [-0.4, -0.2) is 51.2 Å². The average Bonchev–Trinajstić information content (AvgIpc) is 2.29. The average molecular weight is 237 g/mol. The third-order valence-corrected chi connectivity index (χ3v) is 3.27. The summed E-state index contributed by atoms with van der Waals surface area (Å²) in [4.78, 5) is 4.61. The molecule has 0 aromatic heterocycles. The van der Waals surface area contributed by atoms with Gasteiger partial charge >= 0.3 is 0 Å². The van der Waals surface area contributed by atoms with Gasteiger partial charge < -0.3 is 15.1 Å². The number of likely N-dealkylation sites (N-methyl/N-ethyl adjacent to an activating group) is 2. The lowest BCUT2D eigenvalue weighted by Gasteiger charge is -2.41. The van der Waals surface area contributed by atoms with Crippen LogP contribution in [0.15, 0.2) is 24.3 Å². The smallest absolute Gasteiger partial charge is 0.125 e. The van der Waals surface area contributed by atoms with Crippen LogP contribution >= 0.6 is 0 Å². The van der Waals surface area contributed by atoms with Crippen molar-refractivity contribution in [2.24, 2.45) is 0 Å². The van der Waals surface area contributed by atoms with E-state index >= 15 is 0 Å². The first-order valence-corrected chi connectivity index (χ1v) is 6.06. The molecule has 4 heteroatoms. The number of benzene rings is 1. The van der Waals surface area contributed by atoms with Gasteiger partial charge in [0.1, 0.15) is 5.82 Å². The molecule has 1 aliphatic heterocycles. The summed E-state index contributed by atoms with van der Waals surface area (Å²) in [7, 11) is 4.09. The third-order valence-electron chi connectivity index (χ3n) is 3.27. The normalized spacial score (nSPS) is 21.8. The third kappa shape index (κ3) is 2.96. The highest BCUT2D eigenvalue weighted by molar-refractivity contribution is 5.48. The van der Waals surface area contributed by atoms with E-state index in [4.69, 9.17) is 0 Å². The number of halogens is 1. The van der Waals surface area contributed by atoms with Crippen LogP contribution in [0.3, 0.4) is 0 Å². The quantitative estimate of drug-likeness (QED) is 0.851. The van der Waals surface area contributed by atoms with Gasteiger partial charge in [0, 0.05) is 31.9 Å². The predicted molar refractivity (Wildman–Crippen MR) is 69.0 cm³/mol. The summed E-state index contributed by atoms with van der Waals surface area (Å²) in [5, 5.41) is 3.21. The summed E-state index contributed by atoms with van der Waals surface area (Å²) in [5.41, 5.74) is 0.985. The fourth-order valence-electron chi connectivity index (χ4n) is 2.42. The molecule has 1 N–H and O–H groups in total. The first kappa shape index (κ1) is 12.3. The maximum Gasteiger partial charge on any atom is 0.125 e. The summed E-state index contributed by atoms with van der Waals surface area (Å²) in [6.45, 7) is 3.90. The Morgan fingerprint density at radius 2 is 2.24 bits per heavy atom. The molecule has 2 rings (SSSR count). The van der Waals surface area contributed by atoms with Crippen LogP contribution in [0.2, 0.25) is 0 Å². The predicted octanol–water partition coefficient (Wildman–Crippen LogP) is 1.17. The first-order valence-electron chi connectivity index (χ1n) is 6.06. The molecule has 1 heterocycles. The van der Waals surface area contributed by atoms with Crippen molar-refractivity contribution < 1.29 is 4.39 Å². The van der Waals surface area contributed by atoms with Crippen LogP contribution < -0.4 is 10.2 Å². The molecule has 17 heavy (non-hydrogen) atoms. The van der Waals surface area contributed by atoms with E-state index in [1.807, 2.05) is 13.1 Å². The molecule has 3 nitrogen and oxygen atoms in total. The fourth-order valence-corrected chi connectivity index (χ4v) is 2.42. The Labute approximate surface area is 102 Å². The lowest BCUT2D eigenvalue weighted by atomic mass is 10.1. The molecule has 94 valence electrons. The van der Waals surface area contributed by atoms with Gasteiger partial charge in [0.15, 0.2) is 0 Å². The Balaban J connectivity index is 2.17. The standard InChI is InChI=1S/C13H20FN3/c1-15-9-13-10-16(2)6-7-17(13)12-5-3-4-11(14)8-12/h3-5,8,13,15H,6-7,9-10H2,1-2H3. The number of nitrogens with zero attached hydrogens (tertiary/aromatic N) is 2. The maximum atomic E-state index is 13.3. The first-order chi connectivity index (χ1) is 8.20. The molecule has 0 spiro atoms.